The standard InChI is InChI=1S/C15H13ClN2O2/c1-10-2-4-11(5-3-10)15(20)18-17-9-12-6-7-13(16)8-14(12)19/h2-9,19H,1H3,(H,18,20). The van der Waals surface area contributed by atoms with Gasteiger partial charge in [0, 0.05) is 16.1 Å². The number of hydrogen-bond donors (Lipinski definition) is 2. The maximum absolute atomic E-state index is 11.8. The van der Waals surface area contributed by atoms with Crippen LogP contribution in [0.3, 0.4) is 0 Å². The Bertz CT molecular complexity index is 651. The molecular weight excluding hydrogens is 276 g/mol. The van der Waals surface area contributed by atoms with Crippen molar-refractivity contribution < 1.29 is 9.90 Å². The molecule has 0 radical (unpaired) electrons. The molecule has 20 heavy (non-hydrogen) atoms. The number of carbonyl (C=O) groups excluding carboxylic acids is 1. The first-order valence-electron chi connectivity index (χ1n) is 5.95. The summed E-state index contributed by atoms with van der Waals surface area (Å²) in [6.07, 6.45) is 1.36. The summed E-state index contributed by atoms with van der Waals surface area (Å²) in [6.45, 7) is 1.95. The fraction of sp³-hybridized carbons (Fsp3) is 0.0667. The Morgan fingerprint density at radius 3 is 2.60 bits per heavy atom. The number of phenolic OH excluding ortho intramolecular Hbond substituents is 1. The number of benzene rings is 2. The number of hydrogen-bond acceptors (Lipinski definition) is 3. The zero-order valence-electron chi connectivity index (χ0n) is 10.8. The van der Waals surface area contributed by atoms with Crippen molar-refractivity contribution >= 4 is 23.7 Å². The number of amides is 1. The van der Waals surface area contributed by atoms with Crippen LogP contribution in [0.2, 0.25) is 5.02 Å². The van der Waals surface area contributed by atoms with Crippen LogP contribution in [-0.2, 0) is 0 Å². The highest BCUT2D eigenvalue weighted by Gasteiger charge is 2.03. The molecule has 4 nitrogen and oxygen atoms in total. The lowest BCUT2D eigenvalue weighted by Gasteiger charge is -2.01. The van der Waals surface area contributed by atoms with Gasteiger partial charge in [-0.1, -0.05) is 29.3 Å². The van der Waals surface area contributed by atoms with Crippen molar-refractivity contribution in [3.8, 4) is 5.75 Å². The zero-order valence-corrected chi connectivity index (χ0v) is 11.6. The van der Waals surface area contributed by atoms with E-state index in [1.54, 1.807) is 24.3 Å². The molecule has 0 fully saturated rings. The van der Waals surface area contributed by atoms with Crippen LogP contribution < -0.4 is 5.43 Å². The van der Waals surface area contributed by atoms with Crippen molar-refractivity contribution in [1.29, 1.82) is 0 Å². The summed E-state index contributed by atoms with van der Waals surface area (Å²) in [6, 6.07) is 11.8. The van der Waals surface area contributed by atoms with Crippen LogP contribution in [0.5, 0.6) is 5.75 Å². The van der Waals surface area contributed by atoms with Crippen LogP contribution in [0.15, 0.2) is 47.6 Å². The molecule has 0 saturated heterocycles. The van der Waals surface area contributed by atoms with Crippen LogP contribution in [0, 0.1) is 6.92 Å². The second-order valence-corrected chi connectivity index (χ2v) is 4.70. The average Bonchev–Trinajstić information content (AvgIpc) is 2.42. The van der Waals surface area contributed by atoms with Crippen molar-refractivity contribution in [2.75, 3.05) is 0 Å². The number of phenols is 1. The molecule has 2 N–H and O–H groups in total. The molecule has 2 aromatic carbocycles. The van der Waals surface area contributed by atoms with Crippen LogP contribution in [0.25, 0.3) is 0 Å². The van der Waals surface area contributed by atoms with E-state index in [9.17, 15) is 9.90 Å². The predicted octanol–water partition coefficient (Wildman–Crippen LogP) is 3.12. The van der Waals surface area contributed by atoms with Gasteiger partial charge in [-0.05, 0) is 37.3 Å². The van der Waals surface area contributed by atoms with Gasteiger partial charge in [0.25, 0.3) is 5.91 Å². The van der Waals surface area contributed by atoms with Crippen molar-refractivity contribution in [1.82, 2.24) is 5.43 Å². The highest BCUT2D eigenvalue weighted by molar-refractivity contribution is 6.30. The molecule has 0 bridgehead atoms. The molecule has 102 valence electrons. The summed E-state index contributed by atoms with van der Waals surface area (Å²) < 4.78 is 0. The average molecular weight is 289 g/mol. The molecule has 0 aliphatic heterocycles. The van der Waals surface area contributed by atoms with Gasteiger partial charge in [0.05, 0.1) is 6.21 Å². The molecule has 0 aliphatic rings. The monoisotopic (exact) mass is 288 g/mol. The molecule has 0 spiro atoms. The summed E-state index contributed by atoms with van der Waals surface area (Å²) in [5, 5.41) is 13.9. The lowest BCUT2D eigenvalue weighted by Crippen LogP contribution is -2.17. The van der Waals surface area contributed by atoms with E-state index in [0.717, 1.165) is 5.56 Å². The molecule has 0 aliphatic carbocycles. The SMILES string of the molecule is Cc1ccc(C(=O)NN=Cc2ccc(Cl)cc2O)cc1. The number of carbonyl (C=O) groups is 1. The van der Waals surface area contributed by atoms with E-state index in [1.165, 1.54) is 12.3 Å². The number of aromatic hydroxyl groups is 1. The summed E-state index contributed by atoms with van der Waals surface area (Å²) in [5.74, 6) is -0.305. The minimum absolute atomic E-state index is 0.00540. The Hall–Kier alpha value is -2.33. The van der Waals surface area contributed by atoms with Gasteiger partial charge in [-0.2, -0.15) is 5.10 Å². The van der Waals surface area contributed by atoms with E-state index in [0.29, 0.717) is 16.1 Å². The van der Waals surface area contributed by atoms with E-state index in [2.05, 4.69) is 10.5 Å². The van der Waals surface area contributed by atoms with E-state index in [4.69, 9.17) is 11.6 Å². The van der Waals surface area contributed by atoms with E-state index < -0.39 is 0 Å². The quantitative estimate of drug-likeness (QED) is 0.673. The van der Waals surface area contributed by atoms with Gasteiger partial charge < -0.3 is 5.11 Å². The number of halogens is 1. The fourth-order valence-electron chi connectivity index (χ4n) is 1.56. The summed E-state index contributed by atoms with van der Waals surface area (Å²) in [5.41, 5.74) is 4.47. The van der Waals surface area contributed by atoms with Gasteiger partial charge in [0.15, 0.2) is 0 Å². The first kappa shape index (κ1) is 14.1. The Morgan fingerprint density at radius 1 is 1.25 bits per heavy atom. The fourth-order valence-corrected chi connectivity index (χ4v) is 1.72. The van der Waals surface area contributed by atoms with Crippen molar-refractivity contribution in [2.45, 2.75) is 6.92 Å². The molecule has 0 saturated carbocycles. The Kier molecular flexibility index (Phi) is 4.38. The van der Waals surface area contributed by atoms with Crippen LogP contribution in [0.1, 0.15) is 21.5 Å². The topological polar surface area (TPSA) is 61.7 Å². The summed E-state index contributed by atoms with van der Waals surface area (Å²) >= 11 is 5.72. The van der Waals surface area contributed by atoms with Gasteiger partial charge in [-0.15, -0.1) is 0 Å². The van der Waals surface area contributed by atoms with Gasteiger partial charge in [-0.25, -0.2) is 5.43 Å². The van der Waals surface area contributed by atoms with Crippen LogP contribution in [0.4, 0.5) is 0 Å². The second kappa shape index (κ2) is 6.21. The number of nitrogens with one attached hydrogen (secondary N) is 1. The molecule has 0 heterocycles. The third-order valence-corrected chi connectivity index (χ3v) is 2.91. The van der Waals surface area contributed by atoms with Gasteiger partial charge in [0.2, 0.25) is 0 Å². The van der Waals surface area contributed by atoms with Crippen molar-refractivity contribution in [3.05, 3.63) is 64.2 Å². The smallest absolute Gasteiger partial charge is 0.271 e. The summed E-state index contributed by atoms with van der Waals surface area (Å²) in [4.78, 5) is 11.8. The number of hydrazone groups is 1. The molecule has 0 unspecified atom stereocenters. The number of aryl methyl sites for hydroxylation is 1. The zero-order chi connectivity index (χ0) is 14.5. The predicted molar refractivity (Wildman–Crippen MR) is 79.4 cm³/mol. The first-order valence-corrected chi connectivity index (χ1v) is 6.32. The molecule has 1 amide bonds. The minimum Gasteiger partial charge on any atom is -0.507 e. The lowest BCUT2D eigenvalue weighted by molar-refractivity contribution is 0.0955. The Labute approximate surface area is 121 Å². The van der Waals surface area contributed by atoms with E-state index >= 15 is 0 Å². The molecule has 2 aromatic rings. The number of nitrogens with zero attached hydrogens (tertiary/aromatic N) is 1. The van der Waals surface area contributed by atoms with Gasteiger partial charge >= 0.3 is 0 Å². The number of rotatable bonds is 3. The van der Waals surface area contributed by atoms with Gasteiger partial charge in [0.1, 0.15) is 5.75 Å². The van der Waals surface area contributed by atoms with Crippen molar-refractivity contribution in [2.24, 2.45) is 5.10 Å². The van der Waals surface area contributed by atoms with Gasteiger partial charge in [-0.3, -0.25) is 4.79 Å². The maximum Gasteiger partial charge on any atom is 0.271 e. The lowest BCUT2D eigenvalue weighted by atomic mass is 10.1. The second-order valence-electron chi connectivity index (χ2n) is 4.27. The third-order valence-electron chi connectivity index (χ3n) is 2.68. The normalized spacial score (nSPS) is 10.7. The molecule has 0 aromatic heterocycles. The van der Waals surface area contributed by atoms with E-state index in [1.807, 2.05) is 19.1 Å². The Balaban J connectivity index is 2.02. The Morgan fingerprint density at radius 2 is 1.95 bits per heavy atom. The summed E-state index contributed by atoms with van der Waals surface area (Å²) in [7, 11) is 0. The first-order chi connectivity index (χ1) is 9.56. The van der Waals surface area contributed by atoms with Crippen molar-refractivity contribution in [3.63, 3.8) is 0 Å². The van der Waals surface area contributed by atoms with Crippen LogP contribution in [-0.4, -0.2) is 17.2 Å². The molecule has 5 heteroatoms. The molecular formula is C15H13ClN2O2. The van der Waals surface area contributed by atoms with E-state index in [-0.39, 0.29) is 11.7 Å². The molecule has 2 rings (SSSR count). The largest absolute Gasteiger partial charge is 0.507 e. The molecule has 0 atom stereocenters. The highest BCUT2D eigenvalue weighted by Crippen LogP contribution is 2.20. The third kappa shape index (κ3) is 3.59. The minimum atomic E-state index is -0.310. The highest BCUT2D eigenvalue weighted by atomic mass is 35.5. The maximum atomic E-state index is 11.8. The van der Waals surface area contributed by atoms with Crippen LogP contribution >= 0.6 is 11.6 Å².